The Morgan fingerprint density at radius 1 is 1.07 bits per heavy atom. The van der Waals surface area contributed by atoms with Crippen molar-refractivity contribution in [2.24, 2.45) is 0 Å². The van der Waals surface area contributed by atoms with Crippen molar-refractivity contribution in [3.05, 3.63) is 35.4 Å². The molecule has 0 aromatic heterocycles. The molecule has 0 spiro atoms. The zero-order valence-corrected chi connectivity index (χ0v) is 9.11. The van der Waals surface area contributed by atoms with Crippen molar-refractivity contribution in [2.45, 2.75) is 44.1 Å². The number of fused-ring (bicyclic) bond motifs is 1. The van der Waals surface area contributed by atoms with Gasteiger partial charge in [0.15, 0.2) is 0 Å². The van der Waals surface area contributed by atoms with Crippen LogP contribution in [0, 0.1) is 0 Å². The Morgan fingerprint density at radius 3 is 2.87 bits per heavy atom. The highest BCUT2D eigenvalue weighted by molar-refractivity contribution is 5.33. The van der Waals surface area contributed by atoms with Crippen LogP contribution < -0.4 is 0 Å². The highest BCUT2D eigenvalue weighted by atomic mass is 16.5. The molecule has 0 saturated carbocycles. The molecule has 15 heavy (non-hydrogen) atoms. The van der Waals surface area contributed by atoms with E-state index in [1.54, 1.807) is 11.1 Å². The average molecular weight is 202 g/mol. The third-order valence-electron chi connectivity index (χ3n) is 3.83. The van der Waals surface area contributed by atoms with E-state index in [4.69, 9.17) is 4.74 Å². The largest absolute Gasteiger partial charge is 0.378 e. The molecule has 1 aliphatic heterocycles. The standard InChI is InChI=1S/C14H18O/c1-2-7-12-11(5-1)6-3-8-13(12)14-9-4-10-15-14/h1-2,5,7,13-14H,3-4,6,8-10H2. The minimum Gasteiger partial charge on any atom is -0.378 e. The van der Waals surface area contributed by atoms with Crippen LogP contribution in [0.4, 0.5) is 0 Å². The van der Waals surface area contributed by atoms with Crippen LogP contribution in [0.2, 0.25) is 0 Å². The van der Waals surface area contributed by atoms with E-state index < -0.39 is 0 Å². The number of ether oxygens (including phenoxy) is 1. The van der Waals surface area contributed by atoms with E-state index in [1.807, 2.05) is 0 Å². The molecule has 2 atom stereocenters. The number of benzene rings is 1. The summed E-state index contributed by atoms with van der Waals surface area (Å²) in [6, 6.07) is 8.93. The van der Waals surface area contributed by atoms with Gasteiger partial charge in [0.2, 0.25) is 0 Å². The summed E-state index contributed by atoms with van der Waals surface area (Å²) < 4.78 is 5.85. The van der Waals surface area contributed by atoms with Crippen LogP contribution in [0.1, 0.15) is 42.7 Å². The first-order valence-electron chi connectivity index (χ1n) is 6.14. The summed E-state index contributed by atoms with van der Waals surface area (Å²) in [7, 11) is 0. The van der Waals surface area contributed by atoms with Crippen molar-refractivity contribution >= 4 is 0 Å². The third kappa shape index (κ3) is 1.69. The number of hydrogen-bond donors (Lipinski definition) is 0. The first-order valence-corrected chi connectivity index (χ1v) is 6.14. The van der Waals surface area contributed by atoms with Crippen LogP contribution in [0.3, 0.4) is 0 Å². The summed E-state index contributed by atoms with van der Waals surface area (Å²) in [6.45, 7) is 0.976. The van der Waals surface area contributed by atoms with Crippen molar-refractivity contribution in [3.63, 3.8) is 0 Å². The van der Waals surface area contributed by atoms with Crippen LogP contribution in [-0.2, 0) is 11.2 Å². The average Bonchev–Trinajstić information content (AvgIpc) is 2.82. The molecule has 0 radical (unpaired) electrons. The van der Waals surface area contributed by atoms with E-state index in [2.05, 4.69) is 24.3 Å². The molecular formula is C14H18O. The Bertz CT molecular complexity index is 339. The molecule has 0 N–H and O–H groups in total. The lowest BCUT2D eigenvalue weighted by molar-refractivity contribution is 0.0833. The molecule has 0 bridgehead atoms. The van der Waals surface area contributed by atoms with Gasteiger partial charge in [0.05, 0.1) is 6.10 Å². The molecule has 1 heterocycles. The van der Waals surface area contributed by atoms with Crippen molar-refractivity contribution in [2.75, 3.05) is 6.61 Å². The SMILES string of the molecule is c1ccc2c(c1)CCCC2C1CCCO1. The number of rotatable bonds is 1. The molecule has 3 rings (SSSR count). The Kier molecular flexibility index (Phi) is 2.49. The molecule has 2 unspecified atom stereocenters. The zero-order chi connectivity index (χ0) is 10.1. The van der Waals surface area contributed by atoms with E-state index in [1.165, 1.54) is 32.1 Å². The highest BCUT2D eigenvalue weighted by Crippen LogP contribution is 2.38. The monoisotopic (exact) mass is 202 g/mol. The van der Waals surface area contributed by atoms with Crippen LogP contribution in [0.25, 0.3) is 0 Å². The topological polar surface area (TPSA) is 9.23 Å². The van der Waals surface area contributed by atoms with Crippen molar-refractivity contribution in [1.82, 2.24) is 0 Å². The van der Waals surface area contributed by atoms with E-state index >= 15 is 0 Å². The maximum atomic E-state index is 5.85. The van der Waals surface area contributed by atoms with Gasteiger partial charge in [0.25, 0.3) is 0 Å². The molecule has 1 nitrogen and oxygen atoms in total. The number of aryl methyl sites for hydroxylation is 1. The van der Waals surface area contributed by atoms with Gasteiger partial charge in [-0.2, -0.15) is 0 Å². The normalized spacial score (nSPS) is 30.1. The predicted octanol–water partition coefficient (Wildman–Crippen LogP) is 3.29. The fourth-order valence-corrected chi connectivity index (χ4v) is 3.10. The van der Waals surface area contributed by atoms with E-state index in [9.17, 15) is 0 Å². The second-order valence-electron chi connectivity index (χ2n) is 4.75. The molecule has 1 aromatic carbocycles. The second-order valence-corrected chi connectivity index (χ2v) is 4.75. The van der Waals surface area contributed by atoms with E-state index in [0.29, 0.717) is 12.0 Å². The van der Waals surface area contributed by atoms with Gasteiger partial charge >= 0.3 is 0 Å². The lowest BCUT2D eigenvalue weighted by Gasteiger charge is -2.29. The van der Waals surface area contributed by atoms with E-state index in [-0.39, 0.29) is 0 Å². The summed E-state index contributed by atoms with van der Waals surface area (Å²) >= 11 is 0. The van der Waals surface area contributed by atoms with Crippen LogP contribution in [-0.4, -0.2) is 12.7 Å². The number of hydrogen-bond acceptors (Lipinski definition) is 1. The van der Waals surface area contributed by atoms with Crippen molar-refractivity contribution in [3.8, 4) is 0 Å². The maximum absolute atomic E-state index is 5.85. The lowest BCUT2D eigenvalue weighted by atomic mass is 9.79. The smallest absolute Gasteiger partial charge is 0.0644 e. The third-order valence-corrected chi connectivity index (χ3v) is 3.83. The fraction of sp³-hybridized carbons (Fsp3) is 0.571. The first kappa shape index (κ1) is 9.41. The minimum absolute atomic E-state index is 0.506. The molecule has 1 heteroatoms. The minimum atomic E-state index is 0.506. The molecule has 2 aliphatic rings. The zero-order valence-electron chi connectivity index (χ0n) is 9.11. The molecule has 1 fully saturated rings. The van der Waals surface area contributed by atoms with E-state index in [0.717, 1.165) is 6.61 Å². The Balaban J connectivity index is 1.91. The summed E-state index contributed by atoms with van der Waals surface area (Å²) in [6.07, 6.45) is 6.94. The molecule has 1 saturated heterocycles. The van der Waals surface area contributed by atoms with Gasteiger partial charge < -0.3 is 4.74 Å². The van der Waals surface area contributed by atoms with Crippen LogP contribution >= 0.6 is 0 Å². The molecule has 0 amide bonds. The summed E-state index contributed by atoms with van der Waals surface area (Å²) in [5.74, 6) is 0.678. The van der Waals surface area contributed by atoms with Crippen LogP contribution in [0.15, 0.2) is 24.3 Å². The van der Waals surface area contributed by atoms with Crippen molar-refractivity contribution < 1.29 is 4.74 Å². The molecule has 1 aromatic rings. The van der Waals surface area contributed by atoms with Crippen molar-refractivity contribution in [1.29, 1.82) is 0 Å². The van der Waals surface area contributed by atoms with Gasteiger partial charge in [-0.1, -0.05) is 24.3 Å². The summed E-state index contributed by atoms with van der Waals surface area (Å²) in [4.78, 5) is 0. The molecule has 80 valence electrons. The van der Waals surface area contributed by atoms with Gasteiger partial charge in [0.1, 0.15) is 0 Å². The summed E-state index contributed by atoms with van der Waals surface area (Å²) in [5.41, 5.74) is 3.12. The quantitative estimate of drug-likeness (QED) is 0.679. The summed E-state index contributed by atoms with van der Waals surface area (Å²) in [5, 5.41) is 0. The van der Waals surface area contributed by atoms with Gasteiger partial charge in [0, 0.05) is 12.5 Å². The molecule has 1 aliphatic carbocycles. The molecular weight excluding hydrogens is 184 g/mol. The van der Waals surface area contributed by atoms with Gasteiger partial charge in [-0.3, -0.25) is 0 Å². The fourth-order valence-electron chi connectivity index (χ4n) is 3.10. The Hall–Kier alpha value is -0.820. The highest BCUT2D eigenvalue weighted by Gasteiger charge is 2.30. The Labute approximate surface area is 91.5 Å². The predicted molar refractivity (Wildman–Crippen MR) is 61.1 cm³/mol. The second kappa shape index (κ2) is 3.97. The van der Waals surface area contributed by atoms with Gasteiger partial charge in [-0.15, -0.1) is 0 Å². The maximum Gasteiger partial charge on any atom is 0.0644 e. The van der Waals surface area contributed by atoms with Gasteiger partial charge in [-0.25, -0.2) is 0 Å². The van der Waals surface area contributed by atoms with Crippen LogP contribution in [0.5, 0.6) is 0 Å². The lowest BCUT2D eigenvalue weighted by Crippen LogP contribution is -2.22. The van der Waals surface area contributed by atoms with Gasteiger partial charge in [-0.05, 0) is 43.2 Å². The first-order chi connectivity index (χ1) is 7.45. The Morgan fingerprint density at radius 2 is 2.00 bits per heavy atom.